The number of allylic oxidation sites excluding steroid dienone is 12. The molecule has 3 fully saturated rings. The fourth-order valence-electron chi connectivity index (χ4n) is 10.8. The van der Waals surface area contributed by atoms with Gasteiger partial charge in [0, 0.05) is 6.42 Å². The first-order valence-electron chi connectivity index (χ1n) is 33.3. The molecular formula is C68H117NO18. The summed E-state index contributed by atoms with van der Waals surface area (Å²) in [4.78, 5) is 13.3. The Morgan fingerprint density at radius 3 is 1.26 bits per heavy atom. The van der Waals surface area contributed by atoms with E-state index in [4.69, 9.17) is 28.4 Å². The first-order valence-corrected chi connectivity index (χ1v) is 33.3. The highest BCUT2D eigenvalue weighted by Gasteiger charge is 2.53. The summed E-state index contributed by atoms with van der Waals surface area (Å²) in [5.74, 6) is -0.414. The van der Waals surface area contributed by atoms with Crippen molar-refractivity contribution in [3.05, 3.63) is 85.1 Å². The minimum absolute atomic E-state index is 0.000758. The number of carbonyl (C=O) groups is 1. The molecule has 87 heavy (non-hydrogen) atoms. The van der Waals surface area contributed by atoms with Gasteiger partial charge < -0.3 is 89.9 Å². The summed E-state index contributed by atoms with van der Waals surface area (Å²) in [5.41, 5.74) is 0. The SMILES string of the molecule is CC/C=C\C/C=C\C/C=C\C/C=C\C/C=C\CC(=O)NC(COC1OC(CO)C(OC2OC(CO)C(OC3OC(CO)C(O)C(O)C3O)C(O)C2O)C(O)C1O)C(O)/C=C/CC/C=C/CCCCCCCCCCCCCCCCCCCCCCC. The van der Waals surface area contributed by atoms with E-state index in [1.165, 1.54) is 128 Å². The van der Waals surface area contributed by atoms with Crippen LogP contribution in [0.1, 0.15) is 206 Å². The molecule has 0 aliphatic carbocycles. The van der Waals surface area contributed by atoms with E-state index >= 15 is 0 Å². The summed E-state index contributed by atoms with van der Waals surface area (Å²) < 4.78 is 34.2. The third kappa shape index (κ3) is 32.2. The third-order valence-electron chi connectivity index (χ3n) is 16.2. The Labute approximate surface area is 520 Å². The van der Waals surface area contributed by atoms with Gasteiger partial charge in [0.1, 0.15) is 73.2 Å². The number of amides is 1. The Bertz CT molecular complexity index is 1910. The molecule has 0 aromatic carbocycles. The quantitative estimate of drug-likeness (QED) is 0.0203. The Balaban J connectivity index is 1.47. The molecule has 3 heterocycles. The second-order valence-electron chi connectivity index (χ2n) is 23.6. The smallest absolute Gasteiger partial charge is 0.224 e. The zero-order chi connectivity index (χ0) is 63.3. The van der Waals surface area contributed by atoms with Crippen molar-refractivity contribution in [1.82, 2.24) is 5.32 Å². The van der Waals surface area contributed by atoms with Gasteiger partial charge >= 0.3 is 0 Å². The van der Waals surface area contributed by atoms with Gasteiger partial charge in [0.2, 0.25) is 5.91 Å². The maximum Gasteiger partial charge on any atom is 0.224 e. The van der Waals surface area contributed by atoms with Gasteiger partial charge in [-0.3, -0.25) is 4.79 Å². The summed E-state index contributed by atoms with van der Waals surface area (Å²) in [5, 5.41) is 120. The molecule has 0 spiro atoms. The van der Waals surface area contributed by atoms with Gasteiger partial charge in [-0.15, -0.1) is 0 Å². The number of hydrogen-bond acceptors (Lipinski definition) is 18. The van der Waals surface area contributed by atoms with Crippen molar-refractivity contribution in [1.29, 1.82) is 0 Å². The molecule has 0 bridgehead atoms. The van der Waals surface area contributed by atoms with E-state index in [9.17, 15) is 61.0 Å². The fraction of sp³-hybridized carbons (Fsp3) is 0.779. The lowest BCUT2D eigenvalue weighted by Crippen LogP contribution is -2.66. The average Bonchev–Trinajstić information content (AvgIpc) is 2.90. The summed E-state index contributed by atoms with van der Waals surface area (Å²) in [6, 6.07) is -1.05. The van der Waals surface area contributed by atoms with Crippen LogP contribution in [0.15, 0.2) is 85.1 Å². The lowest BCUT2D eigenvalue weighted by Gasteiger charge is -2.48. The lowest BCUT2D eigenvalue weighted by atomic mass is 9.96. The van der Waals surface area contributed by atoms with Crippen LogP contribution in [0.4, 0.5) is 0 Å². The molecule has 3 aliphatic rings. The molecule has 12 N–H and O–H groups in total. The van der Waals surface area contributed by atoms with E-state index in [1.54, 1.807) is 12.2 Å². The van der Waals surface area contributed by atoms with Gasteiger partial charge in [0.05, 0.1) is 38.6 Å². The largest absolute Gasteiger partial charge is 0.394 e. The van der Waals surface area contributed by atoms with Crippen molar-refractivity contribution in [3.8, 4) is 0 Å². The van der Waals surface area contributed by atoms with Crippen LogP contribution in [0, 0.1) is 0 Å². The number of unbranched alkanes of at least 4 members (excludes halogenated alkanes) is 22. The van der Waals surface area contributed by atoms with Crippen LogP contribution in [0.2, 0.25) is 0 Å². The Kier molecular flexibility index (Phi) is 44.6. The van der Waals surface area contributed by atoms with Crippen molar-refractivity contribution < 1.29 is 89.4 Å². The van der Waals surface area contributed by atoms with Crippen molar-refractivity contribution in [2.75, 3.05) is 26.4 Å². The predicted octanol–water partition coefficient (Wildman–Crippen LogP) is 7.93. The molecular weight excluding hydrogens is 1120 g/mol. The molecule has 3 rings (SSSR count). The minimum Gasteiger partial charge on any atom is -0.394 e. The number of aliphatic hydroxyl groups is 11. The van der Waals surface area contributed by atoms with Crippen LogP contribution < -0.4 is 5.32 Å². The van der Waals surface area contributed by atoms with E-state index in [0.717, 1.165) is 44.9 Å². The van der Waals surface area contributed by atoms with Crippen LogP contribution in [-0.4, -0.2) is 193 Å². The molecule has 0 aromatic rings. The summed E-state index contributed by atoms with van der Waals surface area (Å²) in [6.45, 7) is 1.52. The van der Waals surface area contributed by atoms with Crippen LogP contribution >= 0.6 is 0 Å². The number of aliphatic hydroxyl groups excluding tert-OH is 11. The summed E-state index contributed by atoms with van der Waals surface area (Å²) >= 11 is 0. The number of nitrogens with one attached hydrogen (secondary N) is 1. The van der Waals surface area contributed by atoms with Gasteiger partial charge in [-0.2, -0.15) is 0 Å². The fourth-order valence-corrected chi connectivity index (χ4v) is 10.8. The highest BCUT2D eigenvalue weighted by molar-refractivity contribution is 5.77. The number of carbonyl (C=O) groups excluding carboxylic acids is 1. The van der Waals surface area contributed by atoms with Gasteiger partial charge in [-0.05, 0) is 57.8 Å². The van der Waals surface area contributed by atoms with Gasteiger partial charge in [0.25, 0.3) is 0 Å². The highest BCUT2D eigenvalue weighted by Crippen LogP contribution is 2.33. The summed E-state index contributed by atoms with van der Waals surface area (Å²) in [6.07, 6.45) is 36.1. The molecule has 0 saturated carbocycles. The number of hydrogen-bond donors (Lipinski definition) is 12. The number of ether oxygens (including phenoxy) is 6. The summed E-state index contributed by atoms with van der Waals surface area (Å²) in [7, 11) is 0. The zero-order valence-electron chi connectivity index (χ0n) is 52.7. The Hall–Kier alpha value is -3.03. The average molecular weight is 1240 g/mol. The molecule has 17 unspecified atom stereocenters. The third-order valence-corrected chi connectivity index (χ3v) is 16.2. The van der Waals surface area contributed by atoms with Crippen molar-refractivity contribution in [2.24, 2.45) is 0 Å². The molecule has 0 aromatic heterocycles. The maximum absolute atomic E-state index is 13.3. The predicted molar refractivity (Wildman–Crippen MR) is 337 cm³/mol. The molecule has 17 atom stereocenters. The molecule has 3 aliphatic heterocycles. The van der Waals surface area contributed by atoms with Crippen molar-refractivity contribution in [3.63, 3.8) is 0 Å². The van der Waals surface area contributed by atoms with Crippen LogP contribution in [0.5, 0.6) is 0 Å². The van der Waals surface area contributed by atoms with E-state index in [0.29, 0.717) is 12.8 Å². The monoisotopic (exact) mass is 1240 g/mol. The van der Waals surface area contributed by atoms with Crippen LogP contribution in [-0.2, 0) is 33.2 Å². The molecule has 0 radical (unpaired) electrons. The van der Waals surface area contributed by atoms with E-state index in [1.807, 2.05) is 24.3 Å². The van der Waals surface area contributed by atoms with Gasteiger partial charge in [-0.25, -0.2) is 0 Å². The Morgan fingerprint density at radius 2 is 0.805 bits per heavy atom. The highest BCUT2D eigenvalue weighted by atomic mass is 16.8. The molecule has 502 valence electrons. The minimum atomic E-state index is -1.99. The first-order chi connectivity index (χ1) is 42.3. The van der Waals surface area contributed by atoms with Gasteiger partial charge in [-0.1, -0.05) is 227 Å². The van der Waals surface area contributed by atoms with Crippen molar-refractivity contribution >= 4 is 5.91 Å². The van der Waals surface area contributed by atoms with E-state index < -0.39 is 137 Å². The zero-order valence-corrected chi connectivity index (χ0v) is 52.7. The first kappa shape index (κ1) is 78.2. The van der Waals surface area contributed by atoms with Crippen LogP contribution in [0.3, 0.4) is 0 Å². The van der Waals surface area contributed by atoms with Crippen molar-refractivity contribution in [2.45, 2.75) is 311 Å². The van der Waals surface area contributed by atoms with E-state index in [-0.39, 0.29) is 6.42 Å². The van der Waals surface area contributed by atoms with Gasteiger partial charge in [0.15, 0.2) is 18.9 Å². The van der Waals surface area contributed by atoms with Crippen LogP contribution in [0.25, 0.3) is 0 Å². The maximum atomic E-state index is 13.3. The molecule has 3 saturated heterocycles. The second-order valence-corrected chi connectivity index (χ2v) is 23.6. The molecule has 19 nitrogen and oxygen atoms in total. The Morgan fingerprint density at radius 1 is 0.425 bits per heavy atom. The number of rotatable bonds is 49. The topological polar surface area (TPSA) is 307 Å². The standard InChI is InChI=1S/C68H117NO18/c1-3-5-7-9-11-13-15-17-19-20-21-22-23-24-25-26-27-28-29-30-32-33-35-37-39-41-43-45-52(73)51(69-56(74)46-44-42-40-38-36-34-31-18-16-14-12-10-8-6-4-2)50-82-66-62(80)59(77)64(54(48-71)84-66)87-68-63(81)60(78)65(55(49-72)85-68)86-67-61(79)58(76)57(75)53(47-70)83-67/h6,8,12,14,18,31,35-38,42-45,51-55,57-68,70-73,75-81H,3-5,7,9-11,13,15-17,19-30,32-34,39-41,46-50H2,1-2H3,(H,69,74)/b8-6-,14-12-,31-18-,37-35+,38-36-,44-42-,45-43+. The second kappa shape index (κ2) is 49.6. The lowest BCUT2D eigenvalue weighted by molar-refractivity contribution is -0.379. The van der Waals surface area contributed by atoms with E-state index in [2.05, 4.69) is 67.8 Å². The molecule has 1 amide bonds. The molecule has 19 heteroatoms. The normalized spacial score (nSPS) is 29.1.